The van der Waals surface area contributed by atoms with Crippen LogP contribution in [0.5, 0.6) is 11.5 Å². The second-order valence-corrected chi connectivity index (χ2v) is 7.39. The van der Waals surface area contributed by atoms with E-state index in [1.54, 1.807) is 11.3 Å². The summed E-state index contributed by atoms with van der Waals surface area (Å²) in [5.41, 5.74) is 1.10. The molecule has 0 aliphatic carbocycles. The SMILES string of the molecule is CCNC(=NCc1ccc2c(c1)OCCCO2)NCCc1ncc(C)s1. The molecule has 140 valence electrons. The number of nitrogens with zero attached hydrogens (tertiary/aromatic N) is 2. The average Bonchev–Trinajstić information content (AvgIpc) is 2.91. The summed E-state index contributed by atoms with van der Waals surface area (Å²) in [7, 11) is 0. The van der Waals surface area contributed by atoms with Gasteiger partial charge >= 0.3 is 0 Å². The Bertz CT molecular complexity index is 745. The van der Waals surface area contributed by atoms with E-state index < -0.39 is 0 Å². The van der Waals surface area contributed by atoms with Crippen molar-refractivity contribution in [2.75, 3.05) is 26.3 Å². The summed E-state index contributed by atoms with van der Waals surface area (Å²) >= 11 is 1.74. The van der Waals surface area contributed by atoms with E-state index in [1.807, 2.05) is 24.4 Å². The first-order valence-corrected chi connectivity index (χ1v) is 9.88. The van der Waals surface area contributed by atoms with Crippen molar-refractivity contribution in [2.24, 2.45) is 4.99 Å². The highest BCUT2D eigenvalue weighted by Gasteiger charge is 2.10. The topological polar surface area (TPSA) is 67.8 Å². The summed E-state index contributed by atoms with van der Waals surface area (Å²) in [5, 5.41) is 7.80. The van der Waals surface area contributed by atoms with Gasteiger partial charge in [0.25, 0.3) is 0 Å². The van der Waals surface area contributed by atoms with E-state index in [9.17, 15) is 0 Å². The zero-order valence-electron chi connectivity index (χ0n) is 15.4. The molecule has 2 N–H and O–H groups in total. The fourth-order valence-corrected chi connectivity index (χ4v) is 3.41. The van der Waals surface area contributed by atoms with Gasteiger partial charge in [0, 0.05) is 37.0 Å². The number of hydrogen-bond acceptors (Lipinski definition) is 5. The number of aliphatic imine (C=N–C) groups is 1. The number of aryl methyl sites for hydroxylation is 1. The van der Waals surface area contributed by atoms with Crippen LogP contribution >= 0.6 is 11.3 Å². The molecule has 1 aliphatic heterocycles. The molecule has 0 saturated carbocycles. The van der Waals surface area contributed by atoms with E-state index >= 15 is 0 Å². The zero-order valence-corrected chi connectivity index (χ0v) is 16.2. The summed E-state index contributed by atoms with van der Waals surface area (Å²) in [6.45, 7) is 7.76. The van der Waals surface area contributed by atoms with Crippen LogP contribution in [-0.2, 0) is 13.0 Å². The van der Waals surface area contributed by atoms with Gasteiger partial charge in [-0.2, -0.15) is 0 Å². The number of hydrogen-bond donors (Lipinski definition) is 2. The van der Waals surface area contributed by atoms with Gasteiger partial charge in [-0.1, -0.05) is 6.07 Å². The van der Waals surface area contributed by atoms with Gasteiger partial charge in [0.15, 0.2) is 17.5 Å². The summed E-state index contributed by atoms with van der Waals surface area (Å²) in [6, 6.07) is 6.03. The lowest BCUT2D eigenvalue weighted by Gasteiger charge is -2.11. The van der Waals surface area contributed by atoms with Crippen LogP contribution < -0.4 is 20.1 Å². The number of ether oxygens (including phenoxy) is 2. The Kier molecular flexibility index (Phi) is 6.71. The molecule has 1 aliphatic rings. The second-order valence-electron chi connectivity index (χ2n) is 6.07. The van der Waals surface area contributed by atoms with Crippen molar-refractivity contribution >= 4 is 17.3 Å². The molecule has 0 atom stereocenters. The summed E-state index contributed by atoms with van der Waals surface area (Å²) in [4.78, 5) is 10.3. The van der Waals surface area contributed by atoms with Crippen LogP contribution in [0, 0.1) is 6.92 Å². The minimum absolute atomic E-state index is 0.586. The third-order valence-electron chi connectivity index (χ3n) is 3.88. The van der Waals surface area contributed by atoms with Crippen molar-refractivity contribution in [3.63, 3.8) is 0 Å². The molecule has 6 nitrogen and oxygen atoms in total. The highest BCUT2D eigenvalue weighted by molar-refractivity contribution is 7.11. The highest BCUT2D eigenvalue weighted by Crippen LogP contribution is 2.30. The molecule has 0 bridgehead atoms. The largest absolute Gasteiger partial charge is 0.490 e. The molecular weight excluding hydrogens is 348 g/mol. The van der Waals surface area contributed by atoms with Crippen molar-refractivity contribution in [3.8, 4) is 11.5 Å². The highest BCUT2D eigenvalue weighted by atomic mass is 32.1. The lowest BCUT2D eigenvalue weighted by atomic mass is 10.2. The monoisotopic (exact) mass is 374 g/mol. The smallest absolute Gasteiger partial charge is 0.191 e. The summed E-state index contributed by atoms with van der Waals surface area (Å²) in [6.07, 6.45) is 3.73. The first-order chi connectivity index (χ1) is 12.7. The Balaban J connectivity index is 1.57. The summed E-state index contributed by atoms with van der Waals surface area (Å²) < 4.78 is 11.4. The minimum atomic E-state index is 0.586. The molecule has 0 saturated heterocycles. The third-order valence-corrected chi connectivity index (χ3v) is 4.85. The number of nitrogens with one attached hydrogen (secondary N) is 2. The van der Waals surface area contributed by atoms with Crippen LogP contribution in [-0.4, -0.2) is 37.2 Å². The number of aromatic nitrogens is 1. The number of guanidine groups is 1. The van der Waals surface area contributed by atoms with Crippen molar-refractivity contribution in [1.82, 2.24) is 15.6 Å². The standard InChI is InChI=1S/C19H26N4O2S/c1-3-20-19(21-8-7-18-22-12-14(2)26-18)23-13-15-5-6-16-17(11-15)25-10-4-9-24-16/h5-6,11-12H,3-4,7-10,13H2,1-2H3,(H2,20,21,23). The predicted molar refractivity (Wildman–Crippen MR) is 105 cm³/mol. The molecule has 0 radical (unpaired) electrons. The van der Waals surface area contributed by atoms with Crippen LogP contribution in [0.4, 0.5) is 0 Å². The molecule has 0 spiro atoms. The molecule has 2 heterocycles. The van der Waals surface area contributed by atoms with Gasteiger partial charge in [0.2, 0.25) is 0 Å². The third kappa shape index (κ3) is 5.36. The Labute approximate surface area is 158 Å². The second kappa shape index (κ2) is 9.43. The van der Waals surface area contributed by atoms with Gasteiger partial charge in [0.1, 0.15) is 0 Å². The normalized spacial score (nSPS) is 14.0. The van der Waals surface area contributed by atoms with E-state index in [-0.39, 0.29) is 0 Å². The van der Waals surface area contributed by atoms with Crippen LogP contribution in [0.3, 0.4) is 0 Å². The van der Waals surface area contributed by atoms with Crippen molar-refractivity contribution in [1.29, 1.82) is 0 Å². The van der Waals surface area contributed by atoms with Gasteiger partial charge in [-0.15, -0.1) is 11.3 Å². The van der Waals surface area contributed by atoms with E-state index in [1.165, 1.54) is 4.88 Å². The van der Waals surface area contributed by atoms with Crippen LogP contribution in [0.15, 0.2) is 29.4 Å². The Morgan fingerprint density at radius 1 is 1.23 bits per heavy atom. The van der Waals surface area contributed by atoms with Gasteiger partial charge in [-0.25, -0.2) is 9.98 Å². The summed E-state index contributed by atoms with van der Waals surface area (Å²) in [5.74, 6) is 2.44. The number of thiazole rings is 1. The molecule has 1 aromatic carbocycles. The van der Waals surface area contributed by atoms with Gasteiger partial charge in [-0.05, 0) is 31.5 Å². The van der Waals surface area contributed by atoms with Crippen molar-refractivity contribution in [2.45, 2.75) is 33.2 Å². The van der Waals surface area contributed by atoms with Gasteiger partial charge < -0.3 is 20.1 Å². The predicted octanol–water partition coefficient (Wildman–Crippen LogP) is 2.91. The maximum Gasteiger partial charge on any atom is 0.191 e. The van der Waals surface area contributed by atoms with Crippen molar-refractivity contribution < 1.29 is 9.47 Å². The Morgan fingerprint density at radius 3 is 2.85 bits per heavy atom. The lowest BCUT2D eigenvalue weighted by Crippen LogP contribution is -2.38. The lowest BCUT2D eigenvalue weighted by molar-refractivity contribution is 0.297. The zero-order chi connectivity index (χ0) is 18.2. The Morgan fingerprint density at radius 2 is 2.08 bits per heavy atom. The molecule has 1 aromatic heterocycles. The van der Waals surface area contributed by atoms with Crippen LogP contribution in [0.2, 0.25) is 0 Å². The van der Waals surface area contributed by atoms with Crippen LogP contribution in [0.1, 0.15) is 28.8 Å². The minimum Gasteiger partial charge on any atom is -0.490 e. The maximum absolute atomic E-state index is 5.75. The van der Waals surface area contributed by atoms with Crippen LogP contribution in [0.25, 0.3) is 0 Å². The number of fused-ring (bicyclic) bond motifs is 1. The fraction of sp³-hybridized carbons (Fsp3) is 0.474. The maximum atomic E-state index is 5.75. The fourth-order valence-electron chi connectivity index (χ4n) is 2.62. The molecular formula is C19H26N4O2S. The average molecular weight is 375 g/mol. The molecule has 3 rings (SSSR count). The van der Waals surface area contributed by atoms with Gasteiger partial charge in [0.05, 0.1) is 24.8 Å². The molecule has 26 heavy (non-hydrogen) atoms. The molecule has 0 fully saturated rings. The van der Waals surface area contributed by atoms with E-state index in [2.05, 4.69) is 34.5 Å². The first-order valence-electron chi connectivity index (χ1n) is 9.06. The van der Waals surface area contributed by atoms with Crippen molar-refractivity contribution in [3.05, 3.63) is 39.8 Å². The quantitative estimate of drug-likeness (QED) is 0.601. The molecule has 0 unspecified atom stereocenters. The molecule has 2 aromatic rings. The van der Waals surface area contributed by atoms with E-state index in [0.29, 0.717) is 19.8 Å². The Hall–Kier alpha value is -2.28. The molecule has 7 heteroatoms. The number of rotatable bonds is 6. The first kappa shape index (κ1) is 18.5. The van der Waals surface area contributed by atoms with E-state index in [4.69, 9.17) is 9.47 Å². The molecule has 0 amide bonds. The van der Waals surface area contributed by atoms with E-state index in [0.717, 1.165) is 54.0 Å². The number of benzene rings is 1. The van der Waals surface area contributed by atoms with Gasteiger partial charge in [-0.3, -0.25) is 0 Å².